The van der Waals surface area contributed by atoms with Gasteiger partial charge in [-0.3, -0.25) is 4.52 Å². The van der Waals surface area contributed by atoms with E-state index >= 15 is 0 Å². The van der Waals surface area contributed by atoms with Crippen molar-refractivity contribution in [2.75, 3.05) is 0 Å². The molecule has 1 unspecified atom stereocenters. The summed E-state index contributed by atoms with van der Waals surface area (Å²) in [5, 5.41) is 0. The maximum Gasteiger partial charge on any atom is 0.577 e. The van der Waals surface area contributed by atoms with E-state index in [9.17, 15) is 4.57 Å². The molecule has 0 spiro atoms. The Morgan fingerprint density at radius 1 is 1.33 bits per heavy atom. The van der Waals surface area contributed by atoms with Crippen LogP contribution < -0.4 is 0 Å². The molecule has 0 amide bonds. The average molecular weight is 221 g/mol. The lowest BCUT2D eigenvalue weighted by Gasteiger charge is -2.11. The third-order valence-corrected chi connectivity index (χ3v) is 2.95. The van der Waals surface area contributed by atoms with Crippen molar-refractivity contribution in [3.8, 4) is 0 Å². The van der Waals surface area contributed by atoms with Gasteiger partial charge in [-0.1, -0.05) is 0 Å². The van der Waals surface area contributed by atoms with Crippen LogP contribution in [0.1, 0.15) is 13.8 Å². The predicted octanol–water partition coefficient (Wildman–Crippen LogP) is 0.183. The molecule has 0 aliphatic carbocycles. The third-order valence-electron chi connectivity index (χ3n) is 0.557. The fraction of sp³-hybridized carbons (Fsp3) is 1.00. The summed E-state index contributed by atoms with van der Waals surface area (Å²) >= 11 is 0. The van der Waals surface area contributed by atoms with Gasteiger partial charge >= 0.3 is 16.0 Å². The highest BCUT2D eigenvalue weighted by molar-refractivity contribution is 7.64. The summed E-state index contributed by atoms with van der Waals surface area (Å²) in [5.41, 5.74) is 0. The van der Waals surface area contributed by atoms with Gasteiger partial charge in [-0.2, -0.15) is 14.7 Å². The average Bonchev–Trinajstić information content (AvgIpc) is 1.48. The molecule has 0 rings (SSSR count). The van der Waals surface area contributed by atoms with E-state index in [1.165, 1.54) is 13.8 Å². The standard InChI is InChI=1S/C3H10O7P2/c1-3(2)9-12(7,8)10-11(4,5)6/h3-6H,1-2H3/p+1. The van der Waals surface area contributed by atoms with Gasteiger partial charge in [0.15, 0.2) is 0 Å². The van der Waals surface area contributed by atoms with E-state index < -0.39 is 22.1 Å². The second-order valence-electron chi connectivity index (χ2n) is 2.22. The third kappa shape index (κ3) is 7.09. The first kappa shape index (κ1) is 12.4. The van der Waals surface area contributed by atoms with Crippen LogP contribution in [0.2, 0.25) is 0 Å². The van der Waals surface area contributed by atoms with Crippen molar-refractivity contribution in [1.82, 2.24) is 0 Å². The van der Waals surface area contributed by atoms with Gasteiger partial charge in [-0.05, 0) is 18.2 Å². The van der Waals surface area contributed by atoms with Crippen molar-refractivity contribution in [3.63, 3.8) is 0 Å². The zero-order chi connectivity index (χ0) is 9.99. The second kappa shape index (κ2) is 4.09. The molecular weight excluding hydrogens is 210 g/mol. The van der Waals surface area contributed by atoms with Crippen LogP contribution in [0.25, 0.3) is 0 Å². The van der Waals surface area contributed by atoms with Gasteiger partial charge in [-0.25, -0.2) is 4.57 Å². The van der Waals surface area contributed by atoms with Crippen molar-refractivity contribution < 1.29 is 33.0 Å². The van der Waals surface area contributed by atoms with Crippen LogP contribution >= 0.6 is 16.0 Å². The van der Waals surface area contributed by atoms with Gasteiger partial charge < -0.3 is 4.89 Å². The summed E-state index contributed by atoms with van der Waals surface area (Å²) in [5.74, 6) is 0. The van der Waals surface area contributed by atoms with E-state index in [-0.39, 0.29) is 0 Å². The summed E-state index contributed by atoms with van der Waals surface area (Å²) in [6.45, 7) is 2.89. The van der Waals surface area contributed by atoms with E-state index in [4.69, 9.17) is 19.6 Å². The Morgan fingerprint density at radius 2 is 1.75 bits per heavy atom. The van der Waals surface area contributed by atoms with Gasteiger partial charge in [0.2, 0.25) is 0 Å². The van der Waals surface area contributed by atoms with Gasteiger partial charge in [0.25, 0.3) is 0 Å². The lowest BCUT2D eigenvalue weighted by molar-refractivity contribution is 0.136. The molecular formula is C3H11O7P2+. The Morgan fingerprint density at radius 3 is 2.00 bits per heavy atom. The predicted molar refractivity (Wildman–Crippen MR) is 40.7 cm³/mol. The van der Waals surface area contributed by atoms with E-state index in [1.807, 2.05) is 0 Å². The van der Waals surface area contributed by atoms with Gasteiger partial charge in [0, 0.05) is 0 Å². The Bertz CT molecular complexity index is 184. The van der Waals surface area contributed by atoms with Crippen LogP contribution in [0.5, 0.6) is 0 Å². The zero-order valence-electron chi connectivity index (χ0n) is 6.49. The normalized spacial score (nSPS) is 17.9. The SMILES string of the molecule is CC(C)OP(=O)(O)O[P+](O)(O)O. The summed E-state index contributed by atoms with van der Waals surface area (Å²) < 4.78 is 18.6. The summed E-state index contributed by atoms with van der Waals surface area (Å²) in [6, 6.07) is 0. The minimum atomic E-state index is -4.73. The van der Waals surface area contributed by atoms with Gasteiger partial charge in [-0.15, -0.1) is 0 Å². The maximum atomic E-state index is 10.7. The number of hydrogen-bond acceptors (Lipinski definition) is 6. The van der Waals surface area contributed by atoms with Crippen molar-refractivity contribution in [3.05, 3.63) is 0 Å². The van der Waals surface area contributed by atoms with Crippen molar-refractivity contribution in [2.24, 2.45) is 0 Å². The van der Waals surface area contributed by atoms with Crippen LogP contribution in [0.3, 0.4) is 0 Å². The molecule has 74 valence electrons. The van der Waals surface area contributed by atoms with E-state index in [0.717, 1.165) is 0 Å². The van der Waals surface area contributed by atoms with E-state index in [2.05, 4.69) is 8.83 Å². The first-order chi connectivity index (χ1) is 5.12. The topological polar surface area (TPSA) is 116 Å². The molecule has 1 atom stereocenters. The Labute approximate surface area is 69.9 Å². The number of rotatable bonds is 4. The minimum Gasteiger partial charge on any atom is -0.300 e. The van der Waals surface area contributed by atoms with Crippen molar-refractivity contribution in [2.45, 2.75) is 20.0 Å². The Kier molecular flexibility index (Phi) is 4.23. The highest BCUT2D eigenvalue weighted by Gasteiger charge is 2.45. The molecule has 0 aromatic heterocycles. The van der Waals surface area contributed by atoms with E-state index in [1.54, 1.807) is 0 Å². The molecule has 0 radical (unpaired) electrons. The first-order valence-electron chi connectivity index (χ1n) is 2.92. The number of phosphoric acid groups is 1. The Hall–Kier alpha value is 0.420. The molecule has 0 aromatic carbocycles. The maximum absolute atomic E-state index is 10.7. The van der Waals surface area contributed by atoms with Crippen molar-refractivity contribution in [1.29, 1.82) is 0 Å². The molecule has 7 nitrogen and oxygen atoms in total. The molecule has 0 fully saturated rings. The largest absolute Gasteiger partial charge is 0.577 e. The summed E-state index contributed by atoms with van der Waals surface area (Å²) in [7, 11) is -9.30. The number of hydrogen-bond donors (Lipinski definition) is 4. The molecule has 0 aliphatic rings. The molecule has 0 saturated carbocycles. The van der Waals surface area contributed by atoms with Crippen LogP contribution in [-0.2, 0) is 13.4 Å². The highest BCUT2D eigenvalue weighted by atomic mass is 31.3. The molecule has 0 aromatic rings. The van der Waals surface area contributed by atoms with E-state index in [0.29, 0.717) is 0 Å². The number of phosphoric ester groups is 1. The molecule has 9 heteroatoms. The highest BCUT2D eigenvalue weighted by Crippen LogP contribution is 2.62. The van der Waals surface area contributed by atoms with Crippen LogP contribution in [-0.4, -0.2) is 25.7 Å². The molecule has 0 bridgehead atoms. The summed E-state index contributed by atoms with van der Waals surface area (Å²) in [6.07, 6.45) is -0.632. The summed E-state index contributed by atoms with van der Waals surface area (Å²) in [4.78, 5) is 33.4. The Balaban J connectivity index is 4.15. The molecule has 12 heavy (non-hydrogen) atoms. The van der Waals surface area contributed by atoms with Crippen molar-refractivity contribution >= 4 is 16.0 Å². The van der Waals surface area contributed by atoms with Gasteiger partial charge in [0.05, 0.1) is 6.10 Å². The van der Waals surface area contributed by atoms with Gasteiger partial charge in [0.1, 0.15) is 0 Å². The second-order valence-corrected chi connectivity index (χ2v) is 5.05. The molecule has 4 N–H and O–H groups in total. The fourth-order valence-corrected chi connectivity index (χ4v) is 2.22. The molecule has 0 aliphatic heterocycles. The fourth-order valence-electron chi connectivity index (χ4n) is 0.424. The first-order valence-corrected chi connectivity index (χ1v) is 5.98. The lowest BCUT2D eigenvalue weighted by atomic mass is 10.5. The molecule has 0 saturated heterocycles. The monoisotopic (exact) mass is 221 g/mol. The molecule has 0 heterocycles. The van der Waals surface area contributed by atoms with Crippen LogP contribution in [0.4, 0.5) is 0 Å². The quantitative estimate of drug-likeness (QED) is 0.500. The minimum absolute atomic E-state index is 0.632. The van der Waals surface area contributed by atoms with Crippen LogP contribution in [0.15, 0.2) is 0 Å². The smallest absolute Gasteiger partial charge is 0.300 e. The van der Waals surface area contributed by atoms with Crippen LogP contribution in [0, 0.1) is 0 Å². The zero-order valence-corrected chi connectivity index (χ0v) is 8.27. The lowest BCUT2D eigenvalue weighted by Crippen LogP contribution is -2.03.